The summed E-state index contributed by atoms with van der Waals surface area (Å²) in [5.74, 6) is 0.0720. The summed E-state index contributed by atoms with van der Waals surface area (Å²) in [6, 6.07) is 3.14. The molecule has 1 aliphatic heterocycles. The Kier molecular flexibility index (Phi) is 3.33. The van der Waals surface area contributed by atoms with Crippen molar-refractivity contribution in [3.63, 3.8) is 0 Å². The largest absolute Gasteiger partial charge is 0.387 e. The van der Waals surface area contributed by atoms with E-state index in [0.29, 0.717) is 24.3 Å². The molecule has 6 nitrogen and oxygen atoms in total. The quantitative estimate of drug-likeness (QED) is 0.844. The van der Waals surface area contributed by atoms with Gasteiger partial charge in [0.05, 0.1) is 17.7 Å². The van der Waals surface area contributed by atoms with E-state index >= 15 is 0 Å². The van der Waals surface area contributed by atoms with Crippen LogP contribution in [0.25, 0.3) is 0 Å². The first-order chi connectivity index (χ1) is 10.4. The number of carbonyl (C=O) groups excluding carboxylic acids is 1. The topological polar surface area (TPSA) is 97.2 Å². The van der Waals surface area contributed by atoms with E-state index in [1.807, 2.05) is 6.92 Å². The normalized spacial score (nSPS) is 27.7. The fourth-order valence-electron chi connectivity index (χ4n) is 3.38. The minimum Gasteiger partial charge on any atom is -0.387 e. The Bertz CT molecular complexity index is 729. The van der Waals surface area contributed by atoms with E-state index in [1.165, 1.54) is 6.07 Å². The van der Waals surface area contributed by atoms with Gasteiger partial charge in [0.1, 0.15) is 11.6 Å². The molecule has 0 radical (unpaired) electrons. The van der Waals surface area contributed by atoms with Gasteiger partial charge in [0.15, 0.2) is 0 Å². The number of β-amino-alcohol motifs (C(OH)–C–C–N with tert-alkyl or cyclic N) is 1. The monoisotopic (exact) mass is 301 g/mol. The van der Waals surface area contributed by atoms with Gasteiger partial charge in [0.25, 0.3) is 11.5 Å². The summed E-state index contributed by atoms with van der Waals surface area (Å²) in [5, 5.41) is 19.7. The number of aryl methyl sites for hydroxylation is 1. The molecule has 0 aromatic carbocycles. The number of nitrogens with one attached hydrogen (secondary N) is 1. The molecule has 116 valence electrons. The van der Waals surface area contributed by atoms with Crippen LogP contribution in [0.2, 0.25) is 0 Å². The Hall–Kier alpha value is -2.13. The van der Waals surface area contributed by atoms with Crippen molar-refractivity contribution in [2.24, 2.45) is 11.8 Å². The summed E-state index contributed by atoms with van der Waals surface area (Å²) in [6.07, 6.45) is 2.03. The number of aliphatic hydroxyl groups is 1. The zero-order valence-electron chi connectivity index (χ0n) is 12.7. The maximum Gasteiger partial charge on any atom is 0.266 e. The molecule has 1 amide bonds. The van der Waals surface area contributed by atoms with Crippen LogP contribution in [0.4, 0.5) is 0 Å². The van der Waals surface area contributed by atoms with Gasteiger partial charge in [-0.25, -0.2) is 0 Å². The molecule has 3 rings (SSSR count). The molecule has 2 atom stereocenters. The highest BCUT2D eigenvalue weighted by Crippen LogP contribution is 2.47. The van der Waals surface area contributed by atoms with Crippen LogP contribution in [0.15, 0.2) is 10.9 Å². The number of nitrogens with zero attached hydrogens (tertiary/aromatic N) is 2. The summed E-state index contributed by atoms with van der Waals surface area (Å²) in [5.41, 5.74) is -0.588. The molecule has 1 aromatic heterocycles. The third-order valence-corrected chi connectivity index (χ3v) is 4.95. The smallest absolute Gasteiger partial charge is 0.266 e. The summed E-state index contributed by atoms with van der Waals surface area (Å²) < 4.78 is 0. The molecule has 2 aliphatic rings. The summed E-state index contributed by atoms with van der Waals surface area (Å²) in [4.78, 5) is 28.5. The molecule has 1 aromatic rings. The minimum absolute atomic E-state index is 0.0301. The Morgan fingerprint density at radius 1 is 1.55 bits per heavy atom. The van der Waals surface area contributed by atoms with Crippen LogP contribution in [0.5, 0.6) is 0 Å². The lowest BCUT2D eigenvalue weighted by atomic mass is 9.88. The predicted molar refractivity (Wildman–Crippen MR) is 79.3 cm³/mol. The van der Waals surface area contributed by atoms with E-state index in [1.54, 1.807) is 17.9 Å². The van der Waals surface area contributed by atoms with Gasteiger partial charge in [-0.05, 0) is 31.7 Å². The van der Waals surface area contributed by atoms with Gasteiger partial charge in [0, 0.05) is 18.2 Å². The van der Waals surface area contributed by atoms with Crippen molar-refractivity contribution < 1.29 is 9.90 Å². The third kappa shape index (κ3) is 2.22. The van der Waals surface area contributed by atoms with Crippen molar-refractivity contribution in [1.82, 2.24) is 9.88 Å². The first-order valence-corrected chi connectivity index (χ1v) is 7.52. The molecule has 22 heavy (non-hydrogen) atoms. The van der Waals surface area contributed by atoms with E-state index in [-0.39, 0.29) is 23.3 Å². The van der Waals surface area contributed by atoms with E-state index in [0.717, 1.165) is 12.8 Å². The van der Waals surface area contributed by atoms with Crippen molar-refractivity contribution in [2.45, 2.75) is 32.3 Å². The number of pyridine rings is 1. The molecule has 2 fully saturated rings. The molecule has 0 unspecified atom stereocenters. The number of carbonyl (C=O) groups is 1. The summed E-state index contributed by atoms with van der Waals surface area (Å²) in [6.45, 7) is 4.42. The molecular formula is C16H19N3O3. The first-order valence-electron chi connectivity index (χ1n) is 7.52. The molecular weight excluding hydrogens is 282 g/mol. The SMILES string of the molecule is Cc1[nH]c(=O)c(C#N)cc1C(=O)N1C[C@@H](C)[C@](O)(C2CC2)C1. The number of rotatable bonds is 2. The van der Waals surface area contributed by atoms with Gasteiger partial charge in [-0.1, -0.05) is 6.92 Å². The minimum atomic E-state index is -0.802. The van der Waals surface area contributed by atoms with E-state index in [4.69, 9.17) is 5.26 Å². The Morgan fingerprint density at radius 2 is 2.23 bits per heavy atom. The van der Waals surface area contributed by atoms with Crippen molar-refractivity contribution in [1.29, 1.82) is 5.26 Å². The molecule has 1 saturated carbocycles. The maximum absolute atomic E-state index is 12.7. The van der Waals surface area contributed by atoms with Crippen LogP contribution in [0, 0.1) is 30.1 Å². The zero-order valence-corrected chi connectivity index (χ0v) is 12.7. The van der Waals surface area contributed by atoms with Crippen LogP contribution in [-0.2, 0) is 0 Å². The Balaban J connectivity index is 1.89. The number of aromatic nitrogens is 1. The standard InChI is InChI=1S/C16H19N3O3/c1-9-7-19(8-16(9,22)12-3-4-12)15(21)13-5-11(6-17)14(20)18-10(13)2/h5,9,12,22H,3-4,7-8H2,1-2H3,(H,18,20)/t9-,16+/m1/s1. The van der Waals surface area contributed by atoms with Gasteiger partial charge in [-0.3, -0.25) is 9.59 Å². The lowest BCUT2D eigenvalue weighted by molar-refractivity contribution is -0.00365. The zero-order chi connectivity index (χ0) is 16.1. The summed E-state index contributed by atoms with van der Waals surface area (Å²) in [7, 11) is 0. The van der Waals surface area contributed by atoms with Crippen molar-refractivity contribution in [3.8, 4) is 6.07 Å². The maximum atomic E-state index is 12.7. The average Bonchev–Trinajstić information content (AvgIpc) is 3.27. The van der Waals surface area contributed by atoms with Crippen LogP contribution in [0.1, 0.15) is 41.4 Å². The van der Waals surface area contributed by atoms with Crippen LogP contribution < -0.4 is 5.56 Å². The second-order valence-corrected chi connectivity index (χ2v) is 6.51. The summed E-state index contributed by atoms with van der Waals surface area (Å²) >= 11 is 0. The molecule has 1 aliphatic carbocycles. The highest BCUT2D eigenvalue weighted by molar-refractivity contribution is 5.95. The average molecular weight is 301 g/mol. The second kappa shape index (κ2) is 4.96. The van der Waals surface area contributed by atoms with Crippen LogP contribution in [0.3, 0.4) is 0 Å². The fraction of sp³-hybridized carbons (Fsp3) is 0.562. The lowest BCUT2D eigenvalue weighted by Gasteiger charge is -2.26. The number of hydrogen-bond acceptors (Lipinski definition) is 4. The lowest BCUT2D eigenvalue weighted by Crippen LogP contribution is -2.40. The molecule has 2 heterocycles. The second-order valence-electron chi connectivity index (χ2n) is 6.51. The number of hydrogen-bond donors (Lipinski definition) is 2. The molecule has 2 N–H and O–H groups in total. The molecule has 6 heteroatoms. The molecule has 1 saturated heterocycles. The van der Waals surface area contributed by atoms with Gasteiger partial charge in [-0.15, -0.1) is 0 Å². The highest BCUT2D eigenvalue weighted by atomic mass is 16.3. The van der Waals surface area contributed by atoms with Gasteiger partial charge >= 0.3 is 0 Å². The number of amides is 1. The fourth-order valence-corrected chi connectivity index (χ4v) is 3.38. The van der Waals surface area contributed by atoms with Gasteiger partial charge in [-0.2, -0.15) is 5.26 Å². The van der Waals surface area contributed by atoms with E-state index in [2.05, 4.69) is 4.98 Å². The predicted octanol–water partition coefficient (Wildman–Crippen LogP) is 0.788. The van der Waals surface area contributed by atoms with E-state index in [9.17, 15) is 14.7 Å². The number of nitriles is 1. The third-order valence-electron chi connectivity index (χ3n) is 4.95. The Morgan fingerprint density at radius 3 is 2.82 bits per heavy atom. The van der Waals surface area contributed by atoms with Crippen LogP contribution in [-0.4, -0.2) is 39.6 Å². The van der Waals surface area contributed by atoms with E-state index < -0.39 is 11.2 Å². The number of H-pyrrole nitrogens is 1. The number of likely N-dealkylation sites (tertiary alicyclic amines) is 1. The van der Waals surface area contributed by atoms with Gasteiger partial charge in [0.2, 0.25) is 0 Å². The van der Waals surface area contributed by atoms with Crippen molar-refractivity contribution >= 4 is 5.91 Å². The first kappa shape index (κ1) is 14.8. The number of aromatic amines is 1. The Labute approximate surface area is 128 Å². The van der Waals surface area contributed by atoms with Gasteiger partial charge < -0.3 is 15.0 Å². The van der Waals surface area contributed by atoms with Crippen molar-refractivity contribution in [3.05, 3.63) is 33.2 Å². The molecule has 0 bridgehead atoms. The van der Waals surface area contributed by atoms with Crippen LogP contribution >= 0.6 is 0 Å². The van der Waals surface area contributed by atoms with Crippen molar-refractivity contribution in [2.75, 3.05) is 13.1 Å². The molecule has 0 spiro atoms. The highest BCUT2D eigenvalue weighted by Gasteiger charge is 2.53.